The molecular weight excluding hydrogens is 440 g/mol. The number of anilines is 2. The summed E-state index contributed by atoms with van der Waals surface area (Å²) in [5.74, 6) is 0.680. The number of nitrogens with one attached hydrogen (secondary N) is 2. The fourth-order valence-electron chi connectivity index (χ4n) is 3.91. The molecule has 4 rings (SSSR count). The molecule has 1 aliphatic rings. The number of morpholine rings is 1. The third kappa shape index (κ3) is 7.40. The Morgan fingerprint density at radius 3 is 2.71 bits per heavy atom. The molecule has 1 fully saturated rings. The molecule has 0 aliphatic carbocycles. The van der Waals surface area contributed by atoms with E-state index in [1.54, 1.807) is 13.3 Å². The molecule has 1 aliphatic heterocycles. The molecule has 1 amide bonds. The van der Waals surface area contributed by atoms with Crippen LogP contribution in [-0.2, 0) is 4.74 Å². The Kier molecular flexibility index (Phi) is 8.86. The van der Waals surface area contributed by atoms with E-state index in [9.17, 15) is 4.79 Å². The van der Waals surface area contributed by atoms with Crippen LogP contribution in [0, 0.1) is 0 Å². The number of benzene rings is 2. The minimum atomic E-state index is -0.0665. The standard InChI is InChI=1S/C28H32N4O3/c1-34-27-21-26(12-10-22(27)9-11-24-7-2-3-13-29-24)31-25-8-4-6-23(20-25)28(33)30-14-5-15-32-16-18-35-19-17-32/h2-4,6-13,20-21,31H,5,14-19H2,1H3,(H,30,33)/b11-9+. The van der Waals surface area contributed by atoms with Gasteiger partial charge in [-0.1, -0.05) is 12.1 Å². The van der Waals surface area contributed by atoms with E-state index in [-0.39, 0.29) is 5.91 Å². The summed E-state index contributed by atoms with van der Waals surface area (Å²) >= 11 is 0. The van der Waals surface area contributed by atoms with E-state index < -0.39 is 0 Å². The van der Waals surface area contributed by atoms with Gasteiger partial charge in [-0.3, -0.25) is 14.7 Å². The summed E-state index contributed by atoms with van der Waals surface area (Å²) in [6, 6.07) is 19.2. The number of methoxy groups -OCH3 is 1. The van der Waals surface area contributed by atoms with E-state index in [2.05, 4.69) is 20.5 Å². The van der Waals surface area contributed by atoms with Crippen molar-refractivity contribution in [2.75, 3.05) is 51.8 Å². The normalized spacial score (nSPS) is 14.1. The van der Waals surface area contributed by atoms with Crippen LogP contribution < -0.4 is 15.4 Å². The number of ether oxygens (including phenoxy) is 2. The van der Waals surface area contributed by atoms with Crippen LogP contribution in [-0.4, -0.2) is 62.3 Å². The number of hydrogen-bond acceptors (Lipinski definition) is 6. The second-order valence-electron chi connectivity index (χ2n) is 8.31. The molecule has 0 saturated carbocycles. The Hall–Kier alpha value is -3.68. The molecule has 0 atom stereocenters. The summed E-state index contributed by atoms with van der Waals surface area (Å²) in [5.41, 5.74) is 4.18. The highest BCUT2D eigenvalue weighted by molar-refractivity contribution is 5.95. The Balaban J connectivity index is 1.33. The van der Waals surface area contributed by atoms with Crippen LogP contribution >= 0.6 is 0 Å². The molecule has 7 heteroatoms. The van der Waals surface area contributed by atoms with Crippen molar-refractivity contribution >= 4 is 29.4 Å². The number of carbonyl (C=O) groups is 1. The molecular formula is C28H32N4O3. The number of carbonyl (C=O) groups excluding carboxylic acids is 1. The molecule has 1 saturated heterocycles. The summed E-state index contributed by atoms with van der Waals surface area (Å²) in [6.07, 6.45) is 6.62. The molecule has 0 unspecified atom stereocenters. The van der Waals surface area contributed by atoms with Gasteiger partial charge >= 0.3 is 0 Å². The van der Waals surface area contributed by atoms with Gasteiger partial charge < -0.3 is 20.1 Å². The maximum atomic E-state index is 12.6. The predicted molar refractivity (Wildman–Crippen MR) is 140 cm³/mol. The average molecular weight is 473 g/mol. The first-order valence-corrected chi connectivity index (χ1v) is 11.9. The van der Waals surface area contributed by atoms with Crippen molar-refractivity contribution in [1.29, 1.82) is 0 Å². The predicted octanol–water partition coefficient (Wildman–Crippen LogP) is 4.46. The third-order valence-electron chi connectivity index (χ3n) is 5.81. The molecule has 0 radical (unpaired) electrons. The van der Waals surface area contributed by atoms with E-state index in [0.717, 1.165) is 67.7 Å². The Morgan fingerprint density at radius 2 is 1.91 bits per heavy atom. The fraction of sp³-hybridized carbons (Fsp3) is 0.286. The number of pyridine rings is 1. The van der Waals surface area contributed by atoms with Gasteiger partial charge in [-0.05, 0) is 67.6 Å². The first kappa shape index (κ1) is 24.4. The highest BCUT2D eigenvalue weighted by atomic mass is 16.5. The maximum absolute atomic E-state index is 12.6. The Bertz CT molecular complexity index is 1130. The zero-order chi connectivity index (χ0) is 24.3. The largest absolute Gasteiger partial charge is 0.496 e. The van der Waals surface area contributed by atoms with Gasteiger partial charge in [0.1, 0.15) is 5.75 Å². The van der Waals surface area contributed by atoms with E-state index in [1.807, 2.05) is 72.8 Å². The molecule has 2 N–H and O–H groups in total. The summed E-state index contributed by atoms with van der Waals surface area (Å²) in [5, 5.41) is 6.40. The van der Waals surface area contributed by atoms with Crippen molar-refractivity contribution in [3.8, 4) is 5.75 Å². The molecule has 3 aromatic rings. The third-order valence-corrected chi connectivity index (χ3v) is 5.81. The topological polar surface area (TPSA) is 75.7 Å². The zero-order valence-electron chi connectivity index (χ0n) is 20.1. The maximum Gasteiger partial charge on any atom is 0.251 e. The number of nitrogens with zero attached hydrogens (tertiary/aromatic N) is 2. The molecule has 0 bridgehead atoms. The van der Waals surface area contributed by atoms with Crippen LogP contribution in [0.4, 0.5) is 11.4 Å². The zero-order valence-corrected chi connectivity index (χ0v) is 20.1. The summed E-state index contributed by atoms with van der Waals surface area (Å²) < 4.78 is 11.0. The van der Waals surface area contributed by atoms with Gasteiger partial charge in [0.25, 0.3) is 5.91 Å². The molecule has 0 spiro atoms. The van der Waals surface area contributed by atoms with Crippen LogP contribution in [0.25, 0.3) is 12.2 Å². The van der Waals surface area contributed by atoms with Gasteiger partial charge in [0.15, 0.2) is 0 Å². The number of hydrogen-bond donors (Lipinski definition) is 2. The van der Waals surface area contributed by atoms with Crippen LogP contribution in [0.3, 0.4) is 0 Å². The number of aromatic nitrogens is 1. The first-order chi connectivity index (χ1) is 17.2. The lowest BCUT2D eigenvalue weighted by molar-refractivity contribution is 0.0374. The van der Waals surface area contributed by atoms with Crippen LogP contribution in [0.1, 0.15) is 28.0 Å². The lowest BCUT2D eigenvalue weighted by Gasteiger charge is -2.26. The summed E-state index contributed by atoms with van der Waals surface area (Å²) in [7, 11) is 1.65. The molecule has 2 heterocycles. The van der Waals surface area contributed by atoms with Crippen molar-refractivity contribution in [1.82, 2.24) is 15.2 Å². The minimum Gasteiger partial charge on any atom is -0.496 e. The van der Waals surface area contributed by atoms with Gasteiger partial charge in [-0.15, -0.1) is 0 Å². The highest BCUT2D eigenvalue weighted by Crippen LogP contribution is 2.27. The van der Waals surface area contributed by atoms with Crippen LogP contribution in [0.15, 0.2) is 66.9 Å². The van der Waals surface area contributed by atoms with Crippen molar-refractivity contribution < 1.29 is 14.3 Å². The smallest absolute Gasteiger partial charge is 0.251 e. The molecule has 7 nitrogen and oxygen atoms in total. The van der Waals surface area contributed by atoms with Crippen LogP contribution in [0.2, 0.25) is 0 Å². The molecule has 1 aromatic heterocycles. The van der Waals surface area contributed by atoms with E-state index in [1.165, 1.54) is 0 Å². The lowest BCUT2D eigenvalue weighted by Crippen LogP contribution is -2.38. The molecule has 35 heavy (non-hydrogen) atoms. The summed E-state index contributed by atoms with van der Waals surface area (Å²) in [6.45, 7) is 5.14. The average Bonchev–Trinajstić information content (AvgIpc) is 2.91. The van der Waals surface area contributed by atoms with Crippen molar-refractivity contribution in [3.05, 3.63) is 83.7 Å². The molecule has 2 aromatic carbocycles. The monoisotopic (exact) mass is 472 g/mol. The second-order valence-corrected chi connectivity index (χ2v) is 8.31. The second kappa shape index (κ2) is 12.7. The lowest BCUT2D eigenvalue weighted by atomic mass is 10.1. The Labute approximate surface area is 206 Å². The fourth-order valence-corrected chi connectivity index (χ4v) is 3.91. The van der Waals surface area contributed by atoms with Crippen molar-refractivity contribution in [2.24, 2.45) is 0 Å². The summed E-state index contributed by atoms with van der Waals surface area (Å²) in [4.78, 5) is 19.3. The number of amides is 1. The Morgan fingerprint density at radius 1 is 1.06 bits per heavy atom. The SMILES string of the molecule is COc1cc(Nc2cccc(C(=O)NCCCN3CCOCC3)c2)ccc1/C=C/c1ccccn1. The minimum absolute atomic E-state index is 0.0665. The highest BCUT2D eigenvalue weighted by Gasteiger charge is 2.11. The van der Waals surface area contributed by atoms with Gasteiger partial charge in [0.05, 0.1) is 26.0 Å². The van der Waals surface area contributed by atoms with Crippen molar-refractivity contribution in [3.63, 3.8) is 0 Å². The van der Waals surface area contributed by atoms with E-state index >= 15 is 0 Å². The van der Waals surface area contributed by atoms with E-state index in [4.69, 9.17) is 9.47 Å². The quantitative estimate of drug-likeness (QED) is 0.425. The van der Waals surface area contributed by atoms with Gasteiger partial charge in [-0.2, -0.15) is 0 Å². The van der Waals surface area contributed by atoms with Gasteiger partial charge in [-0.25, -0.2) is 0 Å². The van der Waals surface area contributed by atoms with Gasteiger partial charge in [0, 0.05) is 54.4 Å². The van der Waals surface area contributed by atoms with Crippen molar-refractivity contribution in [2.45, 2.75) is 6.42 Å². The van der Waals surface area contributed by atoms with E-state index in [0.29, 0.717) is 12.1 Å². The number of rotatable bonds is 10. The first-order valence-electron chi connectivity index (χ1n) is 11.9. The van der Waals surface area contributed by atoms with Gasteiger partial charge in [0.2, 0.25) is 0 Å². The van der Waals surface area contributed by atoms with Crippen LogP contribution in [0.5, 0.6) is 5.75 Å². The molecule has 182 valence electrons.